The van der Waals surface area contributed by atoms with E-state index in [9.17, 15) is 4.79 Å². The number of hydrogen-bond acceptors (Lipinski definition) is 5. The van der Waals surface area contributed by atoms with Gasteiger partial charge in [0.1, 0.15) is 10.5 Å². The molecule has 2 aromatic heterocycles. The number of nitrogens with zero attached hydrogens (tertiary/aromatic N) is 4. The Labute approximate surface area is 133 Å². The van der Waals surface area contributed by atoms with Crippen molar-refractivity contribution in [3.8, 4) is 0 Å². The fourth-order valence-electron chi connectivity index (χ4n) is 2.79. The number of thiazole rings is 1. The van der Waals surface area contributed by atoms with Gasteiger partial charge in [0.15, 0.2) is 0 Å². The van der Waals surface area contributed by atoms with Gasteiger partial charge in [-0.1, -0.05) is 0 Å². The van der Waals surface area contributed by atoms with E-state index in [2.05, 4.69) is 10.1 Å². The highest BCUT2D eigenvalue weighted by Crippen LogP contribution is 2.30. The number of rotatable bonds is 2. The minimum Gasteiger partial charge on any atom is -0.367 e. The number of hydrogen-bond donors (Lipinski definition) is 0. The highest BCUT2D eigenvalue weighted by Gasteiger charge is 2.37. The molecular weight excluding hydrogens is 300 g/mol. The van der Waals surface area contributed by atoms with Gasteiger partial charge in [-0.05, 0) is 20.8 Å². The van der Waals surface area contributed by atoms with Crippen LogP contribution in [0.15, 0.2) is 12.4 Å². The monoisotopic (exact) mass is 320 g/mol. The van der Waals surface area contributed by atoms with Crippen molar-refractivity contribution in [3.05, 3.63) is 33.5 Å². The Hall–Kier alpha value is -1.73. The summed E-state index contributed by atoms with van der Waals surface area (Å²) in [5, 5.41) is 5.13. The summed E-state index contributed by atoms with van der Waals surface area (Å²) < 4.78 is 7.71. The van der Waals surface area contributed by atoms with Crippen molar-refractivity contribution in [1.29, 1.82) is 0 Å². The average molecular weight is 320 g/mol. The van der Waals surface area contributed by atoms with Crippen LogP contribution in [0.25, 0.3) is 0 Å². The van der Waals surface area contributed by atoms with Crippen molar-refractivity contribution in [2.24, 2.45) is 7.05 Å². The van der Waals surface area contributed by atoms with Gasteiger partial charge in [0.2, 0.25) is 0 Å². The maximum Gasteiger partial charge on any atom is 0.266 e. The Kier molecular flexibility index (Phi) is 3.78. The first-order valence-corrected chi connectivity index (χ1v) is 8.07. The molecule has 118 valence electrons. The summed E-state index contributed by atoms with van der Waals surface area (Å²) in [5.41, 5.74) is 1.28. The molecule has 1 fully saturated rings. The third-order valence-corrected chi connectivity index (χ3v) is 5.04. The van der Waals surface area contributed by atoms with E-state index in [1.165, 1.54) is 11.3 Å². The normalized spacial score (nSPS) is 22.1. The van der Waals surface area contributed by atoms with Crippen molar-refractivity contribution in [2.45, 2.75) is 26.4 Å². The molecule has 1 atom stereocenters. The lowest BCUT2D eigenvalue weighted by Gasteiger charge is -2.40. The van der Waals surface area contributed by atoms with Crippen molar-refractivity contribution >= 4 is 17.2 Å². The fourth-order valence-corrected chi connectivity index (χ4v) is 3.67. The van der Waals surface area contributed by atoms with Gasteiger partial charge in [-0.15, -0.1) is 11.3 Å². The molecule has 0 unspecified atom stereocenters. The standard InChI is InChI=1S/C15H20N4O2S/c1-10-13(22-11(2)17-10)14(20)19-5-6-21-15(3,9-19)12-7-16-18(4)8-12/h7-8H,5-6,9H2,1-4H3/t15-/m1/s1. The second kappa shape index (κ2) is 5.48. The molecule has 3 rings (SSSR count). The average Bonchev–Trinajstić information content (AvgIpc) is 3.04. The van der Waals surface area contributed by atoms with Gasteiger partial charge < -0.3 is 9.64 Å². The lowest BCUT2D eigenvalue weighted by atomic mass is 9.97. The molecule has 0 bridgehead atoms. The molecule has 0 spiro atoms. The number of amides is 1. The first-order valence-electron chi connectivity index (χ1n) is 7.25. The molecule has 22 heavy (non-hydrogen) atoms. The number of aryl methyl sites for hydroxylation is 3. The van der Waals surface area contributed by atoms with Gasteiger partial charge in [0.25, 0.3) is 5.91 Å². The molecular formula is C15H20N4O2S. The number of carbonyl (C=O) groups excluding carboxylic acids is 1. The Morgan fingerprint density at radius 3 is 2.82 bits per heavy atom. The number of carbonyl (C=O) groups is 1. The molecule has 6 nitrogen and oxygen atoms in total. The molecule has 1 amide bonds. The Morgan fingerprint density at radius 1 is 1.45 bits per heavy atom. The van der Waals surface area contributed by atoms with E-state index in [0.717, 1.165) is 21.1 Å². The van der Waals surface area contributed by atoms with Crippen molar-refractivity contribution in [3.63, 3.8) is 0 Å². The lowest BCUT2D eigenvalue weighted by molar-refractivity contribution is -0.0930. The summed E-state index contributed by atoms with van der Waals surface area (Å²) in [6.45, 7) is 7.46. The first kappa shape index (κ1) is 15.2. The van der Waals surface area contributed by atoms with Gasteiger partial charge in [-0.25, -0.2) is 4.98 Å². The highest BCUT2D eigenvalue weighted by molar-refractivity contribution is 7.13. The van der Waals surface area contributed by atoms with E-state index >= 15 is 0 Å². The summed E-state index contributed by atoms with van der Waals surface area (Å²) in [4.78, 5) is 19.7. The molecule has 1 saturated heterocycles. The van der Waals surface area contributed by atoms with Crippen LogP contribution in [0.1, 0.15) is 32.9 Å². The Morgan fingerprint density at radius 2 is 2.23 bits per heavy atom. The van der Waals surface area contributed by atoms with Crippen LogP contribution in [-0.4, -0.2) is 45.3 Å². The third kappa shape index (κ3) is 2.66. The van der Waals surface area contributed by atoms with Crippen LogP contribution in [0, 0.1) is 13.8 Å². The van der Waals surface area contributed by atoms with Gasteiger partial charge in [0.05, 0.1) is 30.1 Å². The van der Waals surface area contributed by atoms with Gasteiger partial charge in [0, 0.05) is 25.4 Å². The third-order valence-electron chi connectivity index (χ3n) is 3.97. The minimum absolute atomic E-state index is 0.0431. The molecule has 0 aliphatic carbocycles. The van der Waals surface area contributed by atoms with Crippen LogP contribution >= 0.6 is 11.3 Å². The second-order valence-electron chi connectivity index (χ2n) is 5.86. The predicted molar refractivity (Wildman–Crippen MR) is 84.0 cm³/mol. The largest absolute Gasteiger partial charge is 0.367 e. The highest BCUT2D eigenvalue weighted by atomic mass is 32.1. The quantitative estimate of drug-likeness (QED) is 0.848. The van der Waals surface area contributed by atoms with Crippen molar-refractivity contribution < 1.29 is 9.53 Å². The van der Waals surface area contributed by atoms with Crippen LogP contribution < -0.4 is 0 Å². The summed E-state index contributed by atoms with van der Waals surface area (Å²) in [6.07, 6.45) is 3.74. The van der Waals surface area contributed by atoms with E-state index in [-0.39, 0.29) is 5.91 Å². The zero-order valence-corrected chi connectivity index (χ0v) is 14.1. The van der Waals surface area contributed by atoms with Crippen LogP contribution in [0.3, 0.4) is 0 Å². The minimum atomic E-state index is -0.518. The van der Waals surface area contributed by atoms with E-state index in [1.54, 1.807) is 10.9 Å². The molecule has 3 heterocycles. The molecule has 1 aliphatic heterocycles. The summed E-state index contributed by atoms with van der Waals surface area (Å²) in [6, 6.07) is 0. The van der Waals surface area contributed by atoms with Gasteiger partial charge in [-0.2, -0.15) is 5.10 Å². The molecule has 0 N–H and O–H groups in total. The number of morpholine rings is 1. The van der Waals surface area contributed by atoms with Crippen molar-refractivity contribution in [2.75, 3.05) is 19.7 Å². The smallest absolute Gasteiger partial charge is 0.266 e. The Balaban J connectivity index is 1.84. The van der Waals surface area contributed by atoms with Crippen LogP contribution in [-0.2, 0) is 17.4 Å². The molecule has 1 aliphatic rings. The van der Waals surface area contributed by atoms with Gasteiger partial charge in [-0.3, -0.25) is 9.48 Å². The summed E-state index contributed by atoms with van der Waals surface area (Å²) >= 11 is 1.46. The lowest BCUT2D eigenvalue weighted by Crippen LogP contribution is -2.50. The maximum atomic E-state index is 12.8. The van der Waals surface area contributed by atoms with E-state index in [1.807, 2.05) is 38.9 Å². The number of aromatic nitrogens is 3. The fraction of sp³-hybridized carbons (Fsp3) is 0.533. The predicted octanol–water partition coefficient (Wildman–Crippen LogP) is 1.88. The zero-order valence-electron chi connectivity index (χ0n) is 13.3. The molecule has 0 aromatic carbocycles. The van der Waals surface area contributed by atoms with E-state index in [0.29, 0.717) is 19.7 Å². The number of ether oxygens (including phenoxy) is 1. The Bertz CT molecular complexity index is 708. The molecule has 0 radical (unpaired) electrons. The van der Waals surface area contributed by atoms with Gasteiger partial charge >= 0.3 is 0 Å². The topological polar surface area (TPSA) is 60.3 Å². The summed E-state index contributed by atoms with van der Waals surface area (Å²) in [5.74, 6) is 0.0431. The molecule has 2 aromatic rings. The van der Waals surface area contributed by atoms with Crippen molar-refractivity contribution in [1.82, 2.24) is 19.7 Å². The zero-order chi connectivity index (χ0) is 15.9. The van der Waals surface area contributed by atoms with E-state index < -0.39 is 5.60 Å². The van der Waals surface area contributed by atoms with Crippen LogP contribution in [0.5, 0.6) is 0 Å². The first-order chi connectivity index (χ1) is 10.4. The van der Waals surface area contributed by atoms with E-state index in [4.69, 9.17) is 4.74 Å². The van der Waals surface area contributed by atoms with Crippen LogP contribution in [0.4, 0.5) is 0 Å². The summed E-state index contributed by atoms with van der Waals surface area (Å²) in [7, 11) is 1.88. The molecule has 7 heteroatoms. The van der Waals surface area contributed by atoms with Crippen LogP contribution in [0.2, 0.25) is 0 Å². The molecule has 0 saturated carbocycles. The SMILES string of the molecule is Cc1nc(C)c(C(=O)N2CCO[C@@](C)(c3cnn(C)c3)C2)s1. The maximum absolute atomic E-state index is 12.8. The second-order valence-corrected chi connectivity index (χ2v) is 7.06.